The number of thiazole rings is 1. The van der Waals surface area contributed by atoms with E-state index >= 15 is 0 Å². The maximum Gasteiger partial charge on any atom is 0.254 e. The Hall–Kier alpha value is -2.81. The quantitative estimate of drug-likeness (QED) is 0.674. The van der Waals surface area contributed by atoms with Crippen LogP contribution in [0.5, 0.6) is 0 Å². The summed E-state index contributed by atoms with van der Waals surface area (Å²) in [6.07, 6.45) is 3.56. The fourth-order valence-electron chi connectivity index (χ4n) is 4.36. The van der Waals surface area contributed by atoms with E-state index in [0.29, 0.717) is 42.5 Å². The molecule has 0 atom stereocenters. The normalized spacial score (nSPS) is 17.3. The molecule has 162 valence electrons. The molecular formula is C22H26N6O2S. The van der Waals surface area contributed by atoms with Gasteiger partial charge in [0.25, 0.3) is 5.91 Å². The number of nitrogens with one attached hydrogen (secondary N) is 1. The molecule has 1 aliphatic heterocycles. The topological polar surface area (TPSA) is 93.0 Å². The number of hydrogen-bond donors (Lipinski definition) is 1. The maximum atomic E-state index is 13.5. The number of rotatable bonds is 4. The van der Waals surface area contributed by atoms with Crippen molar-refractivity contribution >= 4 is 39.3 Å². The standard InChI is InChI=1S/C22H26N6O2S/c1-12-11-31-22(23-12)25-20(29)15-6-8-28(9-7-15)21(30)16-10-17(14-4-5-14)24-19-18(16)13(2)26-27(19)3/h10-11,14-15H,4-9H2,1-3H3,(H,23,25,29). The van der Waals surface area contributed by atoms with Crippen molar-refractivity contribution in [2.24, 2.45) is 13.0 Å². The summed E-state index contributed by atoms with van der Waals surface area (Å²) in [5.41, 5.74) is 4.19. The van der Waals surface area contributed by atoms with Crippen LogP contribution < -0.4 is 5.32 Å². The van der Waals surface area contributed by atoms with Gasteiger partial charge < -0.3 is 10.2 Å². The highest BCUT2D eigenvalue weighted by atomic mass is 32.1. The number of hydrogen-bond acceptors (Lipinski definition) is 6. The molecule has 2 aliphatic rings. The Morgan fingerprint density at radius 1 is 1.13 bits per heavy atom. The largest absolute Gasteiger partial charge is 0.339 e. The number of pyridine rings is 1. The first-order valence-corrected chi connectivity index (χ1v) is 11.6. The molecule has 0 aromatic carbocycles. The summed E-state index contributed by atoms with van der Waals surface area (Å²) in [7, 11) is 1.88. The van der Waals surface area contributed by atoms with Crippen LogP contribution in [0, 0.1) is 19.8 Å². The van der Waals surface area contributed by atoms with Crippen LogP contribution in [0.25, 0.3) is 11.0 Å². The van der Waals surface area contributed by atoms with Crippen LogP contribution in [-0.2, 0) is 11.8 Å². The van der Waals surface area contributed by atoms with Crippen LogP contribution in [0.1, 0.15) is 59.0 Å². The molecule has 4 heterocycles. The van der Waals surface area contributed by atoms with E-state index in [0.717, 1.165) is 41.0 Å². The van der Waals surface area contributed by atoms with E-state index in [1.54, 1.807) is 4.68 Å². The summed E-state index contributed by atoms with van der Waals surface area (Å²) in [5.74, 6) is 0.356. The van der Waals surface area contributed by atoms with Crippen molar-refractivity contribution in [2.75, 3.05) is 18.4 Å². The van der Waals surface area contributed by atoms with Crippen molar-refractivity contribution < 1.29 is 9.59 Å². The predicted octanol–water partition coefficient (Wildman–Crippen LogP) is 3.41. The van der Waals surface area contributed by atoms with Crippen molar-refractivity contribution in [3.05, 3.63) is 34.1 Å². The van der Waals surface area contributed by atoms with Gasteiger partial charge in [0.2, 0.25) is 5.91 Å². The summed E-state index contributed by atoms with van der Waals surface area (Å²) in [5, 5.41) is 10.8. The van der Waals surface area contributed by atoms with Crippen molar-refractivity contribution in [2.45, 2.75) is 45.4 Å². The van der Waals surface area contributed by atoms with E-state index in [4.69, 9.17) is 4.98 Å². The second-order valence-electron chi connectivity index (χ2n) is 8.63. The zero-order chi connectivity index (χ0) is 21.7. The molecule has 31 heavy (non-hydrogen) atoms. The molecule has 1 saturated carbocycles. The number of likely N-dealkylation sites (tertiary alicyclic amines) is 1. The van der Waals surface area contributed by atoms with Crippen molar-refractivity contribution in [1.82, 2.24) is 24.6 Å². The number of carbonyl (C=O) groups excluding carboxylic acids is 2. The van der Waals surface area contributed by atoms with Crippen molar-refractivity contribution in [1.29, 1.82) is 0 Å². The lowest BCUT2D eigenvalue weighted by Crippen LogP contribution is -2.41. The average Bonchev–Trinajstić information content (AvgIpc) is 3.48. The molecule has 1 aliphatic carbocycles. The van der Waals surface area contributed by atoms with Crippen LogP contribution in [0.2, 0.25) is 0 Å². The molecule has 3 aromatic heterocycles. The minimum absolute atomic E-state index is 0.00752. The van der Waals surface area contributed by atoms with Gasteiger partial charge in [0.1, 0.15) is 0 Å². The molecule has 0 unspecified atom stereocenters. The maximum absolute atomic E-state index is 13.5. The molecule has 2 amide bonds. The first kappa shape index (κ1) is 20.1. The fourth-order valence-corrected chi connectivity index (χ4v) is 5.05. The van der Waals surface area contributed by atoms with Gasteiger partial charge in [0.15, 0.2) is 10.8 Å². The summed E-state index contributed by atoms with van der Waals surface area (Å²) >= 11 is 1.44. The lowest BCUT2D eigenvalue weighted by atomic mass is 9.95. The number of piperidine rings is 1. The molecule has 1 N–H and O–H groups in total. The molecule has 0 radical (unpaired) electrons. The summed E-state index contributed by atoms with van der Waals surface area (Å²) < 4.78 is 1.77. The number of aromatic nitrogens is 4. The zero-order valence-electron chi connectivity index (χ0n) is 18.0. The summed E-state index contributed by atoms with van der Waals surface area (Å²) in [6, 6.07) is 1.97. The number of aryl methyl sites for hydroxylation is 3. The molecule has 3 aromatic rings. The Labute approximate surface area is 184 Å². The van der Waals surface area contributed by atoms with Gasteiger partial charge in [0, 0.05) is 43.0 Å². The third-order valence-electron chi connectivity index (χ3n) is 6.22. The Morgan fingerprint density at radius 3 is 2.52 bits per heavy atom. The second kappa shape index (κ2) is 7.71. The van der Waals surface area contributed by atoms with Gasteiger partial charge in [0.05, 0.1) is 22.3 Å². The SMILES string of the molecule is Cc1csc(NC(=O)C2CCN(C(=O)c3cc(C4CC4)nc4c3c(C)nn4C)CC2)n1. The van der Waals surface area contributed by atoms with E-state index in [2.05, 4.69) is 15.4 Å². The monoisotopic (exact) mass is 438 g/mol. The molecule has 5 rings (SSSR count). The third kappa shape index (κ3) is 3.82. The van der Waals surface area contributed by atoms with Gasteiger partial charge in [-0.15, -0.1) is 11.3 Å². The van der Waals surface area contributed by atoms with Gasteiger partial charge in [-0.1, -0.05) is 0 Å². The van der Waals surface area contributed by atoms with Gasteiger partial charge in [-0.05, 0) is 45.6 Å². The van der Waals surface area contributed by atoms with Gasteiger partial charge >= 0.3 is 0 Å². The number of anilines is 1. The smallest absolute Gasteiger partial charge is 0.254 e. The minimum Gasteiger partial charge on any atom is -0.339 e. The summed E-state index contributed by atoms with van der Waals surface area (Å²) in [6.45, 7) is 4.96. The predicted molar refractivity (Wildman–Crippen MR) is 119 cm³/mol. The van der Waals surface area contributed by atoms with E-state index in [9.17, 15) is 9.59 Å². The Kier molecular flexibility index (Phi) is 5.00. The highest BCUT2D eigenvalue weighted by Gasteiger charge is 2.32. The number of fused-ring (bicyclic) bond motifs is 1. The number of carbonyl (C=O) groups is 2. The molecule has 1 saturated heterocycles. The molecule has 8 nitrogen and oxygen atoms in total. The van der Waals surface area contributed by atoms with E-state index in [1.807, 2.05) is 37.2 Å². The fraction of sp³-hybridized carbons (Fsp3) is 0.500. The van der Waals surface area contributed by atoms with E-state index in [-0.39, 0.29) is 17.7 Å². The van der Waals surface area contributed by atoms with Gasteiger partial charge in [-0.25, -0.2) is 9.97 Å². The lowest BCUT2D eigenvalue weighted by Gasteiger charge is -2.31. The van der Waals surface area contributed by atoms with Crippen LogP contribution in [0.4, 0.5) is 5.13 Å². The lowest BCUT2D eigenvalue weighted by molar-refractivity contribution is -0.121. The third-order valence-corrected chi connectivity index (χ3v) is 7.09. The minimum atomic E-state index is -0.104. The molecule has 2 fully saturated rings. The highest BCUT2D eigenvalue weighted by Crippen LogP contribution is 2.40. The van der Waals surface area contributed by atoms with Crippen LogP contribution in [-0.4, -0.2) is 49.6 Å². The first-order valence-electron chi connectivity index (χ1n) is 10.8. The second-order valence-corrected chi connectivity index (χ2v) is 9.48. The van der Waals surface area contributed by atoms with E-state index < -0.39 is 0 Å². The Balaban J connectivity index is 1.32. The van der Waals surface area contributed by atoms with Gasteiger partial charge in [-0.2, -0.15) is 5.10 Å². The van der Waals surface area contributed by atoms with E-state index in [1.165, 1.54) is 11.3 Å². The zero-order valence-corrected chi connectivity index (χ0v) is 18.8. The van der Waals surface area contributed by atoms with Crippen LogP contribution in [0.3, 0.4) is 0 Å². The van der Waals surface area contributed by atoms with Gasteiger partial charge in [-0.3, -0.25) is 14.3 Å². The average molecular weight is 439 g/mol. The van der Waals surface area contributed by atoms with Crippen molar-refractivity contribution in [3.8, 4) is 0 Å². The van der Waals surface area contributed by atoms with Crippen LogP contribution >= 0.6 is 11.3 Å². The Morgan fingerprint density at radius 2 is 1.87 bits per heavy atom. The molecule has 9 heteroatoms. The molecular weight excluding hydrogens is 412 g/mol. The number of nitrogens with zero attached hydrogens (tertiary/aromatic N) is 5. The number of amides is 2. The van der Waals surface area contributed by atoms with Crippen molar-refractivity contribution in [3.63, 3.8) is 0 Å². The summed E-state index contributed by atoms with van der Waals surface area (Å²) in [4.78, 5) is 37.1. The highest BCUT2D eigenvalue weighted by molar-refractivity contribution is 7.13. The molecule has 0 spiro atoms. The first-order chi connectivity index (χ1) is 14.9. The molecule has 0 bridgehead atoms. The Bertz CT molecular complexity index is 1170. The van der Waals surface area contributed by atoms with Crippen LogP contribution in [0.15, 0.2) is 11.4 Å².